The number of hydrogen-bond donors (Lipinski definition) is 12. The average Bonchev–Trinajstić information content (AvgIpc) is 1.65. The molecule has 3 aliphatic rings. The Bertz CT molecular complexity index is 3450. The molecule has 0 spiro atoms. The zero-order valence-corrected chi connectivity index (χ0v) is 54.0. The molecule has 0 aliphatic carbocycles. The fourth-order valence-electron chi connectivity index (χ4n) is 10.8. The molecule has 7 amide bonds. The van der Waals surface area contributed by atoms with E-state index in [4.69, 9.17) is 26.1 Å². The van der Waals surface area contributed by atoms with Gasteiger partial charge in [-0.05, 0) is 80.3 Å². The molecule has 14 atom stereocenters. The van der Waals surface area contributed by atoms with Crippen LogP contribution in [0, 0.1) is 12.5 Å². The van der Waals surface area contributed by atoms with Gasteiger partial charge in [-0.3, -0.25) is 38.6 Å². The van der Waals surface area contributed by atoms with Crippen LogP contribution in [0.1, 0.15) is 61.9 Å². The Hall–Kier alpha value is -7.11. The Labute approximate surface area is 555 Å². The molecule has 8 rings (SSSR count). The van der Waals surface area contributed by atoms with Crippen molar-refractivity contribution in [3.8, 4) is 33.3 Å². The van der Waals surface area contributed by atoms with Crippen molar-refractivity contribution in [3.63, 3.8) is 0 Å². The number of aromatic hydroxyl groups is 1. The third-order valence-corrected chi connectivity index (χ3v) is 17.4. The van der Waals surface area contributed by atoms with Crippen molar-refractivity contribution >= 4 is 68.7 Å². The van der Waals surface area contributed by atoms with Gasteiger partial charge in [0.15, 0.2) is 6.10 Å². The fraction of sp³-hybridized carbons (Fsp3) is 0.483. The molecule has 34 heteroatoms. The monoisotopic (exact) mass is 1330 g/mol. The molecule has 3 saturated heterocycles. The smallest absolute Gasteiger partial charge is 0.691 e. The normalized spacial score (nSPS) is 24.9. The molecular weight excluding hydrogens is 1260 g/mol. The van der Waals surface area contributed by atoms with Crippen LogP contribution < -0.4 is 66.1 Å². The number of β-amino-alcohol motifs (C(OH)–C–C–N with tert-alkyl or cyclic N) is 1. The maximum atomic E-state index is 14.6. The van der Waals surface area contributed by atoms with E-state index in [2.05, 4.69) is 40.8 Å². The van der Waals surface area contributed by atoms with E-state index < -0.39 is 181 Å². The number of unbranched alkanes of at least 4 members (excludes halogenated alkanes) is 2. The number of methoxy groups -OCH3 is 1. The number of amides is 7. The number of aliphatic hydroxyl groups excluding tert-OH is 6. The molecule has 8 unspecified atom stereocenters. The van der Waals surface area contributed by atoms with Crippen LogP contribution in [0.5, 0.6) is 11.5 Å². The van der Waals surface area contributed by atoms with Crippen LogP contribution in [-0.2, 0) is 60.4 Å². The Morgan fingerprint density at radius 1 is 0.837 bits per heavy atom. The minimum Gasteiger partial charge on any atom is -0.691 e. The van der Waals surface area contributed by atoms with Gasteiger partial charge < -0.3 is 91.7 Å². The fourth-order valence-corrected chi connectivity index (χ4v) is 12.3. The molecular formula is C58H70N11NaO20S2. The molecule has 5 aromatic rings. The van der Waals surface area contributed by atoms with Crippen LogP contribution >= 0.6 is 11.3 Å². The van der Waals surface area contributed by atoms with E-state index in [1.54, 1.807) is 30.0 Å². The van der Waals surface area contributed by atoms with Crippen LogP contribution in [0.2, 0.25) is 0 Å². The zero-order chi connectivity index (χ0) is 65.8. The number of benzene rings is 3. The van der Waals surface area contributed by atoms with E-state index in [9.17, 15) is 78.8 Å². The summed E-state index contributed by atoms with van der Waals surface area (Å²) in [7, 11) is 1.67. The van der Waals surface area contributed by atoms with Gasteiger partial charge in [-0.25, -0.2) is 20.3 Å². The third-order valence-electron chi connectivity index (χ3n) is 15.6. The summed E-state index contributed by atoms with van der Waals surface area (Å²) < 4.78 is 29.2. The number of carbonyl (C=O) groups is 7. The minimum atomic E-state index is -2.73. The van der Waals surface area contributed by atoms with Crippen molar-refractivity contribution in [2.24, 2.45) is 5.92 Å². The topological polar surface area (TPSA) is 439 Å². The predicted octanol–water partition coefficient (Wildman–Crippen LogP) is -5.86. The number of imidazole rings is 1. The van der Waals surface area contributed by atoms with Crippen LogP contribution in [0.25, 0.3) is 31.6 Å². The van der Waals surface area contributed by atoms with Crippen LogP contribution in [0.3, 0.4) is 0 Å². The van der Waals surface area contributed by atoms with Crippen LogP contribution in [0.15, 0.2) is 77.8 Å². The molecule has 0 bridgehead atoms. The van der Waals surface area contributed by atoms with Gasteiger partial charge in [-0.15, -0.1) is 4.33 Å². The van der Waals surface area contributed by atoms with Crippen LogP contribution in [-0.4, -0.2) is 225 Å². The van der Waals surface area contributed by atoms with E-state index in [-0.39, 0.29) is 47.2 Å². The number of phenolic OH excluding ortho intramolecular Hbond substituents is 1. The first-order valence-corrected chi connectivity index (χ1v) is 30.8. The van der Waals surface area contributed by atoms with Gasteiger partial charge in [0, 0.05) is 75.2 Å². The Balaban J connectivity index is 0.0000120. The first-order valence-electron chi connectivity index (χ1n) is 28.9. The molecule has 0 saturated carbocycles. The zero-order valence-electron chi connectivity index (χ0n) is 50.4. The Kier molecular flexibility index (Phi) is 26.0. The van der Waals surface area contributed by atoms with Gasteiger partial charge in [-0.2, -0.15) is 5.10 Å². The second-order valence-electron chi connectivity index (χ2n) is 22.3. The summed E-state index contributed by atoms with van der Waals surface area (Å²) in [4.78, 5) is 111. The third kappa shape index (κ3) is 17.8. The average molecular weight is 1330 g/mol. The predicted molar refractivity (Wildman–Crippen MR) is 316 cm³/mol. The van der Waals surface area contributed by atoms with Crippen LogP contribution in [0.4, 0.5) is 0 Å². The molecule has 31 nitrogen and oxygen atoms in total. The number of fused-ring (bicyclic) bond motifs is 3. The van der Waals surface area contributed by atoms with Gasteiger partial charge in [0.25, 0.3) is 5.91 Å². The van der Waals surface area contributed by atoms with Crippen molar-refractivity contribution in [3.05, 3.63) is 95.5 Å². The number of nitrogens with one attached hydrogen (secondary N) is 5. The number of ether oxygens (including phenoxy) is 2. The molecule has 3 aliphatic heterocycles. The van der Waals surface area contributed by atoms with E-state index in [1.165, 1.54) is 36.5 Å². The van der Waals surface area contributed by atoms with E-state index in [0.29, 0.717) is 34.4 Å². The largest absolute Gasteiger partial charge is 1.00 e. The number of phenols is 1. The summed E-state index contributed by atoms with van der Waals surface area (Å²) in [6, 6.07) is 5.10. The molecule has 5 heterocycles. The van der Waals surface area contributed by atoms with Crippen molar-refractivity contribution in [1.82, 2.24) is 51.0 Å². The van der Waals surface area contributed by atoms with Gasteiger partial charge in [0.05, 0.1) is 49.0 Å². The van der Waals surface area contributed by atoms with Gasteiger partial charge in [-0.1, -0.05) is 36.5 Å². The molecule has 12 N–H and O–H groups in total. The standard InChI is InChI=1S/C58H71N11O20S2.Na/c1-29-26-68-48(49(29)76)54(81)60-24-35(71)22-38(61-50(77)33-11-9-32(10-12-33)39-28-69-58(62-39)90-55(66-69)34-13-15-37(16-14-34)87-19-7-5-6-18-86-4)51(78)63-45(30(2)70)56(82)67-27-36(72)23-40(67)52(79)64-46(53(80)65-47(57(68)83)43(75)25-59-3)42(74)20-31-8-17-41(73)44(21-31)91(85)89-88-84;/h8-17,21,28-30,35-36,38,40,42-43,45-49,70-76,84H,5-7,18-20,22-27H2,1-2,4H3,(H,60,81)(H,61,77)(H,63,78)(H,64,79)(H,65,80);/q;+1/p-1/t29?,30?,35-,36?,38-,40?,42+,43+,45?,46?,47-,48?,49-,91?;/m0./s1. The van der Waals surface area contributed by atoms with Gasteiger partial charge >= 0.3 is 29.6 Å². The summed E-state index contributed by atoms with van der Waals surface area (Å²) >= 11 is -1.39. The molecule has 2 aromatic heterocycles. The number of nitrogens with zero attached hydrogens (tertiary/aromatic N) is 6. The first kappa shape index (κ1) is 72.3. The van der Waals surface area contributed by atoms with Crippen molar-refractivity contribution in [2.45, 2.75) is 130 Å². The summed E-state index contributed by atoms with van der Waals surface area (Å²) in [6.45, 7) is 8.77. The Morgan fingerprint density at radius 3 is 2.18 bits per heavy atom. The summed E-state index contributed by atoms with van der Waals surface area (Å²) in [5.74, 6) is -9.02. The number of rotatable bonds is 20. The second kappa shape index (κ2) is 33.1. The maximum absolute atomic E-state index is 14.6. The Morgan fingerprint density at radius 2 is 1.51 bits per heavy atom. The molecule has 92 heavy (non-hydrogen) atoms. The van der Waals surface area contributed by atoms with E-state index in [1.807, 2.05) is 24.3 Å². The second-order valence-corrected chi connectivity index (χ2v) is 24.3. The molecule has 490 valence electrons. The first-order chi connectivity index (χ1) is 43.5. The summed E-state index contributed by atoms with van der Waals surface area (Å²) in [5.41, 5.74) is 1.91. The SMILES string of the molecule is [C-]#[N+]C[C@@H](O)[C@@H]1NC(=O)C([C@H](O)Cc2ccc(O)c(S(=O)OO[O-])c2)NC(=O)C2CC(O)CN2C(=O)C(C(C)O)NC(=O)[C@@H](NC(=O)c2ccc(-c3cn4nc(-c5ccc(OCCCCCOC)cc5)sc4n3)cc2)C[C@H](O)CNC(=O)C2[C@@H](O)C(C)CN2C1=O.[Na+]. The molecule has 3 aromatic carbocycles. The number of carbonyl (C=O) groups excluding carboxylic acids is 7. The summed E-state index contributed by atoms with van der Waals surface area (Å²) in [6.07, 6.45) is -8.11. The van der Waals surface area contributed by atoms with Crippen molar-refractivity contribution < 1.29 is 127 Å². The van der Waals surface area contributed by atoms with E-state index >= 15 is 0 Å². The number of aliphatic hydroxyl groups is 6. The molecule has 3 fully saturated rings. The minimum absolute atomic E-state index is 0. The van der Waals surface area contributed by atoms with Crippen molar-refractivity contribution in [2.75, 3.05) is 46.5 Å². The number of aromatic nitrogens is 3. The maximum Gasteiger partial charge on any atom is 1.00 e. The van der Waals surface area contributed by atoms with Gasteiger partial charge in [0.2, 0.25) is 58.0 Å². The molecule has 0 radical (unpaired) electrons. The van der Waals surface area contributed by atoms with Gasteiger partial charge in [0.1, 0.15) is 57.7 Å². The van der Waals surface area contributed by atoms with E-state index in [0.717, 1.165) is 59.4 Å². The number of hydrogen-bond acceptors (Lipinski definition) is 23. The quantitative estimate of drug-likeness (QED) is 0.0114. The van der Waals surface area contributed by atoms with Crippen molar-refractivity contribution in [1.29, 1.82) is 0 Å². The summed E-state index contributed by atoms with van der Waals surface area (Å²) in [5, 5.41) is 110.